The monoisotopic (exact) mass is 403 g/mol. The minimum atomic E-state index is -1.16. The molecule has 3 aromatic rings. The van der Waals surface area contributed by atoms with E-state index in [0.29, 0.717) is 28.2 Å². The Morgan fingerprint density at radius 2 is 1.83 bits per heavy atom. The topological polar surface area (TPSA) is 144 Å². The molecule has 8 heteroatoms. The van der Waals surface area contributed by atoms with Gasteiger partial charge in [0.15, 0.2) is 17.8 Å². The molecule has 1 atom stereocenters. The molecule has 0 unspecified atom stereocenters. The summed E-state index contributed by atoms with van der Waals surface area (Å²) in [5.41, 5.74) is 12.9. The van der Waals surface area contributed by atoms with Crippen LogP contribution in [0, 0.1) is 0 Å². The number of carboxylic acids is 1. The van der Waals surface area contributed by atoms with Crippen LogP contribution in [0.25, 0.3) is 10.8 Å². The highest BCUT2D eigenvalue weighted by molar-refractivity contribution is 6.03. The maximum absolute atomic E-state index is 12.9. The van der Waals surface area contributed by atoms with Crippen LogP contribution >= 0.6 is 0 Å². The molecule has 0 spiro atoms. The zero-order chi connectivity index (χ0) is 21.3. The number of rotatable bonds is 6. The number of aliphatic imine (C=N–C) groups is 1. The van der Waals surface area contributed by atoms with Gasteiger partial charge in [-0.15, -0.1) is 0 Å². The van der Waals surface area contributed by atoms with Crippen LogP contribution in [0.1, 0.15) is 46.3 Å². The van der Waals surface area contributed by atoms with Gasteiger partial charge in [-0.1, -0.05) is 36.4 Å². The Labute approximate surface area is 172 Å². The van der Waals surface area contributed by atoms with E-state index in [-0.39, 0.29) is 5.96 Å². The van der Waals surface area contributed by atoms with Crippen LogP contribution in [-0.4, -0.2) is 27.9 Å². The average Bonchev–Trinajstić information content (AvgIpc) is 3.57. The lowest BCUT2D eigenvalue weighted by Crippen LogP contribution is -2.33. The van der Waals surface area contributed by atoms with Crippen molar-refractivity contribution in [3.8, 4) is 0 Å². The second-order valence-corrected chi connectivity index (χ2v) is 7.26. The molecular weight excluding hydrogens is 382 g/mol. The number of amides is 1. The minimum absolute atomic E-state index is 0.132. The van der Waals surface area contributed by atoms with Gasteiger partial charge in [-0.2, -0.15) is 4.99 Å². The molecule has 4 rings (SSSR count). The summed E-state index contributed by atoms with van der Waals surface area (Å²) in [7, 11) is 0. The molecule has 1 fully saturated rings. The fourth-order valence-corrected chi connectivity index (χ4v) is 3.47. The number of carbonyl (C=O) groups excluding carboxylic acids is 1. The maximum atomic E-state index is 12.9. The van der Waals surface area contributed by atoms with Gasteiger partial charge in [0.25, 0.3) is 5.91 Å². The van der Waals surface area contributed by atoms with Crippen molar-refractivity contribution >= 4 is 34.4 Å². The van der Waals surface area contributed by atoms with Gasteiger partial charge in [0.2, 0.25) is 0 Å². The third-order valence-electron chi connectivity index (χ3n) is 5.07. The van der Waals surface area contributed by atoms with Gasteiger partial charge in [0, 0.05) is 17.1 Å². The fraction of sp³-hybridized carbons (Fsp3) is 0.182. The molecule has 0 aliphatic heterocycles. The summed E-state index contributed by atoms with van der Waals surface area (Å²) in [6.45, 7) is 0. The molecule has 1 amide bonds. The van der Waals surface area contributed by atoms with Gasteiger partial charge in [-0.25, -0.2) is 9.78 Å². The number of guanidine groups is 1. The number of aromatic nitrogens is 1. The number of pyridine rings is 1. The average molecular weight is 403 g/mol. The Kier molecular flexibility index (Phi) is 5.05. The van der Waals surface area contributed by atoms with Crippen molar-refractivity contribution in [1.82, 2.24) is 10.3 Å². The standard InChI is InChI=1S/C22H21N5O3/c23-22(24)27-19-16-10-14(8-9-15(16)17(11-25-19)12-6-7-12)20(28)26-18(21(29)30)13-4-2-1-3-5-13/h1-5,8-12,18H,6-7H2,(H,26,28)(H,29,30)(H4,23,24,25,27)/t18-/m1/s1. The van der Waals surface area contributed by atoms with Crippen LogP contribution in [0.3, 0.4) is 0 Å². The van der Waals surface area contributed by atoms with Crippen LogP contribution in [-0.2, 0) is 4.79 Å². The number of hydrogen-bond donors (Lipinski definition) is 4. The van der Waals surface area contributed by atoms with E-state index in [2.05, 4.69) is 15.3 Å². The maximum Gasteiger partial charge on any atom is 0.330 e. The molecule has 0 bridgehead atoms. The summed E-state index contributed by atoms with van der Waals surface area (Å²) in [6, 6.07) is 12.5. The smallest absolute Gasteiger partial charge is 0.330 e. The first kappa shape index (κ1) is 19.4. The number of nitrogens with two attached hydrogens (primary N) is 2. The van der Waals surface area contributed by atoms with Crippen LogP contribution in [0.2, 0.25) is 0 Å². The Balaban J connectivity index is 1.72. The molecule has 1 aromatic heterocycles. The van der Waals surface area contributed by atoms with E-state index in [4.69, 9.17) is 11.5 Å². The van der Waals surface area contributed by atoms with Gasteiger partial charge in [0.1, 0.15) is 0 Å². The van der Waals surface area contributed by atoms with Gasteiger partial charge < -0.3 is 21.9 Å². The van der Waals surface area contributed by atoms with Crippen molar-refractivity contribution in [2.45, 2.75) is 24.8 Å². The first-order valence-electron chi connectivity index (χ1n) is 9.55. The number of carboxylic acid groups (broad SMARTS) is 1. The molecule has 8 nitrogen and oxygen atoms in total. The highest BCUT2D eigenvalue weighted by atomic mass is 16.4. The fourth-order valence-electron chi connectivity index (χ4n) is 3.47. The van der Waals surface area contributed by atoms with Crippen molar-refractivity contribution in [1.29, 1.82) is 0 Å². The Morgan fingerprint density at radius 1 is 1.10 bits per heavy atom. The molecular formula is C22H21N5O3. The molecule has 1 saturated carbocycles. The molecule has 1 aliphatic rings. The highest BCUT2D eigenvalue weighted by Gasteiger charge is 2.27. The molecule has 30 heavy (non-hydrogen) atoms. The van der Waals surface area contributed by atoms with Crippen molar-refractivity contribution < 1.29 is 14.7 Å². The Bertz CT molecular complexity index is 1150. The molecule has 0 radical (unpaired) electrons. The predicted octanol–water partition coefficient (Wildman–Crippen LogP) is 2.57. The van der Waals surface area contributed by atoms with E-state index in [9.17, 15) is 14.7 Å². The zero-order valence-electron chi connectivity index (χ0n) is 16.1. The normalized spacial score (nSPS) is 14.1. The number of fused-ring (bicyclic) bond motifs is 1. The lowest BCUT2D eigenvalue weighted by atomic mass is 10.0. The van der Waals surface area contributed by atoms with Crippen LogP contribution in [0.5, 0.6) is 0 Å². The van der Waals surface area contributed by atoms with Crippen molar-refractivity contribution in [2.24, 2.45) is 16.5 Å². The minimum Gasteiger partial charge on any atom is -0.479 e. The molecule has 0 saturated heterocycles. The SMILES string of the molecule is NC(N)=Nc1ncc(C2CC2)c2ccc(C(=O)N[C@@H](C(=O)O)c3ccccc3)cc12. The first-order chi connectivity index (χ1) is 14.4. The summed E-state index contributed by atoms with van der Waals surface area (Å²) in [6.07, 6.45) is 3.97. The van der Waals surface area contributed by atoms with E-state index in [0.717, 1.165) is 23.8 Å². The summed E-state index contributed by atoms with van der Waals surface area (Å²) in [5, 5.41) is 13.7. The molecule has 6 N–H and O–H groups in total. The predicted molar refractivity (Wildman–Crippen MR) is 113 cm³/mol. The van der Waals surface area contributed by atoms with E-state index < -0.39 is 17.9 Å². The van der Waals surface area contributed by atoms with Crippen molar-refractivity contribution in [3.05, 3.63) is 71.4 Å². The van der Waals surface area contributed by atoms with E-state index in [1.807, 2.05) is 6.07 Å². The van der Waals surface area contributed by atoms with Gasteiger partial charge >= 0.3 is 5.97 Å². The van der Waals surface area contributed by atoms with Crippen LogP contribution in [0.15, 0.2) is 59.7 Å². The Morgan fingerprint density at radius 3 is 2.47 bits per heavy atom. The number of hydrogen-bond acceptors (Lipinski definition) is 4. The number of nitrogens with zero attached hydrogens (tertiary/aromatic N) is 2. The lowest BCUT2D eigenvalue weighted by molar-refractivity contribution is -0.139. The molecule has 2 aromatic carbocycles. The van der Waals surface area contributed by atoms with E-state index >= 15 is 0 Å². The second kappa shape index (κ2) is 7.82. The third-order valence-corrected chi connectivity index (χ3v) is 5.07. The van der Waals surface area contributed by atoms with E-state index in [1.54, 1.807) is 48.7 Å². The quantitative estimate of drug-likeness (QED) is 0.368. The molecule has 152 valence electrons. The summed E-state index contributed by atoms with van der Waals surface area (Å²) < 4.78 is 0. The summed E-state index contributed by atoms with van der Waals surface area (Å²) in [4.78, 5) is 33.0. The second-order valence-electron chi connectivity index (χ2n) is 7.26. The van der Waals surface area contributed by atoms with Crippen molar-refractivity contribution in [3.63, 3.8) is 0 Å². The molecule has 1 aliphatic carbocycles. The summed E-state index contributed by atoms with van der Waals surface area (Å²) in [5.74, 6) is -1.02. The summed E-state index contributed by atoms with van der Waals surface area (Å²) >= 11 is 0. The third kappa shape index (κ3) is 3.93. The largest absolute Gasteiger partial charge is 0.479 e. The number of carbonyl (C=O) groups is 2. The number of aliphatic carboxylic acids is 1. The van der Waals surface area contributed by atoms with Crippen molar-refractivity contribution in [2.75, 3.05) is 0 Å². The number of nitrogens with one attached hydrogen (secondary N) is 1. The molecule has 1 heterocycles. The lowest BCUT2D eigenvalue weighted by Gasteiger charge is -2.15. The van der Waals surface area contributed by atoms with E-state index in [1.165, 1.54) is 0 Å². The number of benzene rings is 2. The van der Waals surface area contributed by atoms with Crippen LogP contribution < -0.4 is 16.8 Å². The first-order valence-corrected chi connectivity index (χ1v) is 9.55. The zero-order valence-corrected chi connectivity index (χ0v) is 16.1. The van der Waals surface area contributed by atoms with Gasteiger partial charge in [-0.3, -0.25) is 4.79 Å². The van der Waals surface area contributed by atoms with Gasteiger partial charge in [0.05, 0.1) is 0 Å². The highest BCUT2D eigenvalue weighted by Crippen LogP contribution is 2.44. The van der Waals surface area contributed by atoms with Gasteiger partial charge in [-0.05, 0) is 47.4 Å². The Hall–Kier alpha value is -3.94. The van der Waals surface area contributed by atoms with Crippen LogP contribution in [0.4, 0.5) is 5.82 Å².